The third kappa shape index (κ3) is 3.40. The van der Waals surface area contributed by atoms with Crippen LogP contribution in [0.1, 0.15) is 30.9 Å². The number of hydrogen-bond acceptors (Lipinski definition) is 4. The number of urea groups is 1. The van der Waals surface area contributed by atoms with Gasteiger partial charge in [0.2, 0.25) is 0 Å². The van der Waals surface area contributed by atoms with Gasteiger partial charge in [-0.2, -0.15) is 0 Å². The quantitative estimate of drug-likeness (QED) is 0.887. The van der Waals surface area contributed by atoms with Gasteiger partial charge < -0.3 is 14.7 Å². The Morgan fingerprint density at radius 2 is 2.12 bits per heavy atom. The molecule has 2 amide bonds. The number of nitrogens with one attached hydrogen (secondary N) is 1. The Morgan fingerprint density at radius 3 is 2.84 bits per heavy atom. The van der Waals surface area contributed by atoms with Gasteiger partial charge in [0, 0.05) is 58.8 Å². The van der Waals surface area contributed by atoms with E-state index in [1.165, 1.54) is 12.1 Å². The fourth-order valence-corrected chi connectivity index (χ4v) is 5.04. The molecule has 2 aromatic rings. The zero-order valence-corrected chi connectivity index (χ0v) is 14.6. The van der Waals surface area contributed by atoms with E-state index in [1.807, 2.05) is 0 Å². The summed E-state index contributed by atoms with van der Waals surface area (Å²) in [6, 6.07) is 4.42. The maximum atomic E-state index is 13.3. The minimum atomic E-state index is -0.794. The SMILES string of the molecule is O=C(NC1CCS(=O)C1)N1CCC(c2noc3cc(F)ccc23)CC1. The number of carbonyl (C=O) groups is 1. The summed E-state index contributed by atoms with van der Waals surface area (Å²) < 4.78 is 29.9. The van der Waals surface area contributed by atoms with E-state index in [1.54, 1.807) is 11.0 Å². The smallest absolute Gasteiger partial charge is 0.317 e. The molecule has 2 aliphatic heterocycles. The van der Waals surface area contributed by atoms with Gasteiger partial charge in [0.25, 0.3) is 0 Å². The maximum absolute atomic E-state index is 13.3. The van der Waals surface area contributed by atoms with Gasteiger partial charge in [0.05, 0.1) is 5.69 Å². The molecule has 0 spiro atoms. The number of likely N-dealkylation sites (tertiary alicyclic amines) is 1. The van der Waals surface area contributed by atoms with Crippen LogP contribution < -0.4 is 5.32 Å². The summed E-state index contributed by atoms with van der Waals surface area (Å²) in [5.74, 6) is 1.10. The fourth-order valence-electron chi connectivity index (χ4n) is 3.63. The number of amides is 2. The van der Waals surface area contributed by atoms with Crippen LogP contribution in [0, 0.1) is 5.82 Å². The molecule has 2 aliphatic rings. The van der Waals surface area contributed by atoms with Crippen LogP contribution in [0.15, 0.2) is 22.7 Å². The molecule has 4 rings (SSSR count). The van der Waals surface area contributed by atoms with Gasteiger partial charge in [0.1, 0.15) is 5.82 Å². The van der Waals surface area contributed by atoms with Gasteiger partial charge >= 0.3 is 6.03 Å². The van der Waals surface area contributed by atoms with Crippen molar-refractivity contribution in [1.82, 2.24) is 15.4 Å². The van der Waals surface area contributed by atoms with E-state index in [9.17, 15) is 13.4 Å². The van der Waals surface area contributed by atoms with E-state index in [-0.39, 0.29) is 23.8 Å². The van der Waals surface area contributed by atoms with Crippen LogP contribution in [0.25, 0.3) is 11.0 Å². The van der Waals surface area contributed by atoms with Gasteiger partial charge in [-0.25, -0.2) is 9.18 Å². The standard InChI is InChI=1S/C17H20FN3O3S/c18-12-1-2-14-15(9-12)24-20-16(14)11-3-6-21(7-4-11)17(22)19-13-5-8-25(23)10-13/h1-2,9,11,13H,3-8,10H2,(H,19,22). The van der Waals surface area contributed by atoms with Gasteiger partial charge in [-0.3, -0.25) is 4.21 Å². The molecule has 0 saturated carbocycles. The number of nitrogens with zero attached hydrogens (tertiary/aromatic N) is 2. The Kier molecular flexibility index (Phi) is 4.45. The Bertz CT molecular complexity index is 817. The molecule has 1 aromatic heterocycles. The minimum Gasteiger partial charge on any atom is -0.356 e. The van der Waals surface area contributed by atoms with Gasteiger partial charge in [-0.05, 0) is 31.4 Å². The molecule has 2 fully saturated rings. The number of hydrogen-bond donors (Lipinski definition) is 1. The molecule has 0 bridgehead atoms. The number of piperidine rings is 1. The molecule has 25 heavy (non-hydrogen) atoms. The molecule has 1 aromatic carbocycles. The van der Waals surface area contributed by atoms with Gasteiger partial charge in [-0.15, -0.1) is 0 Å². The number of aromatic nitrogens is 1. The molecule has 1 N–H and O–H groups in total. The summed E-state index contributed by atoms with van der Waals surface area (Å²) in [6.45, 7) is 1.28. The highest BCUT2D eigenvalue weighted by Gasteiger charge is 2.29. The average molecular weight is 365 g/mol. The van der Waals surface area contributed by atoms with Crippen LogP contribution in [0.5, 0.6) is 0 Å². The lowest BCUT2D eigenvalue weighted by Crippen LogP contribution is -2.47. The molecular formula is C17H20FN3O3S. The van der Waals surface area contributed by atoms with E-state index in [2.05, 4.69) is 10.5 Å². The van der Waals surface area contributed by atoms with Crippen molar-refractivity contribution in [3.05, 3.63) is 29.7 Å². The predicted octanol–water partition coefficient (Wildman–Crippen LogP) is 2.38. The molecule has 2 unspecified atom stereocenters. The highest BCUT2D eigenvalue weighted by Crippen LogP contribution is 2.32. The van der Waals surface area contributed by atoms with Crippen molar-refractivity contribution >= 4 is 27.8 Å². The van der Waals surface area contributed by atoms with Crippen LogP contribution in [-0.2, 0) is 10.8 Å². The molecule has 3 heterocycles. The summed E-state index contributed by atoms with van der Waals surface area (Å²) in [7, 11) is -0.794. The molecule has 2 atom stereocenters. The minimum absolute atomic E-state index is 0.0282. The largest absolute Gasteiger partial charge is 0.356 e. The van der Waals surface area contributed by atoms with Crippen LogP contribution in [0.2, 0.25) is 0 Å². The second-order valence-corrected chi connectivity index (χ2v) is 8.34. The molecule has 134 valence electrons. The number of fused-ring (bicyclic) bond motifs is 1. The lowest BCUT2D eigenvalue weighted by molar-refractivity contribution is 0.177. The van der Waals surface area contributed by atoms with Gasteiger partial charge in [-0.1, -0.05) is 5.16 Å². The van der Waals surface area contributed by atoms with Crippen molar-refractivity contribution in [2.75, 3.05) is 24.6 Å². The summed E-state index contributed by atoms with van der Waals surface area (Å²) in [4.78, 5) is 14.1. The first-order chi connectivity index (χ1) is 12.1. The van der Waals surface area contributed by atoms with Crippen molar-refractivity contribution in [2.45, 2.75) is 31.2 Å². The summed E-state index contributed by atoms with van der Waals surface area (Å²) in [5, 5.41) is 7.95. The Morgan fingerprint density at radius 1 is 1.32 bits per heavy atom. The van der Waals surface area contributed by atoms with Gasteiger partial charge in [0.15, 0.2) is 5.58 Å². The Labute approximate surface area is 147 Å². The molecule has 2 saturated heterocycles. The van der Waals surface area contributed by atoms with Crippen molar-refractivity contribution in [2.24, 2.45) is 0 Å². The number of carbonyl (C=O) groups excluding carboxylic acids is 1. The number of halogens is 1. The van der Waals surface area contributed by atoms with Crippen molar-refractivity contribution in [3.63, 3.8) is 0 Å². The first-order valence-electron chi connectivity index (χ1n) is 8.55. The molecule has 0 radical (unpaired) electrons. The maximum Gasteiger partial charge on any atom is 0.317 e. The summed E-state index contributed by atoms with van der Waals surface area (Å²) >= 11 is 0. The highest BCUT2D eigenvalue weighted by atomic mass is 32.2. The van der Waals surface area contributed by atoms with E-state index >= 15 is 0 Å². The van der Waals surface area contributed by atoms with E-state index in [0.717, 1.165) is 30.3 Å². The van der Waals surface area contributed by atoms with Crippen molar-refractivity contribution < 1.29 is 17.9 Å². The van der Waals surface area contributed by atoms with Crippen LogP contribution in [0.4, 0.5) is 9.18 Å². The third-order valence-corrected chi connectivity index (χ3v) is 6.50. The van der Waals surface area contributed by atoms with Crippen molar-refractivity contribution in [1.29, 1.82) is 0 Å². The van der Waals surface area contributed by atoms with Crippen LogP contribution in [-0.4, -0.2) is 50.9 Å². The third-order valence-electron chi connectivity index (χ3n) is 5.04. The first-order valence-corrected chi connectivity index (χ1v) is 10.0. The van der Waals surface area contributed by atoms with Crippen LogP contribution in [0.3, 0.4) is 0 Å². The first kappa shape index (κ1) is 16.5. The second kappa shape index (κ2) is 6.74. The summed E-state index contributed by atoms with van der Waals surface area (Å²) in [5.41, 5.74) is 1.31. The number of benzene rings is 1. The van der Waals surface area contributed by atoms with E-state index in [0.29, 0.717) is 30.2 Å². The zero-order chi connectivity index (χ0) is 17.4. The fraction of sp³-hybridized carbons (Fsp3) is 0.529. The normalized spacial score (nSPS) is 24.8. The lowest BCUT2D eigenvalue weighted by Gasteiger charge is -2.32. The Hall–Kier alpha value is -1.96. The second-order valence-electron chi connectivity index (χ2n) is 6.72. The number of rotatable bonds is 2. The molecule has 0 aliphatic carbocycles. The predicted molar refractivity (Wildman–Crippen MR) is 92.3 cm³/mol. The zero-order valence-electron chi connectivity index (χ0n) is 13.7. The average Bonchev–Trinajstić information content (AvgIpc) is 3.20. The van der Waals surface area contributed by atoms with Crippen LogP contribution >= 0.6 is 0 Å². The lowest BCUT2D eigenvalue weighted by atomic mass is 9.92. The highest BCUT2D eigenvalue weighted by molar-refractivity contribution is 7.85. The monoisotopic (exact) mass is 365 g/mol. The van der Waals surface area contributed by atoms with E-state index < -0.39 is 10.8 Å². The Balaban J connectivity index is 1.37. The molecule has 6 nitrogen and oxygen atoms in total. The topological polar surface area (TPSA) is 75.4 Å². The molecule has 8 heteroatoms. The van der Waals surface area contributed by atoms with Crippen molar-refractivity contribution in [3.8, 4) is 0 Å². The molecular weight excluding hydrogens is 345 g/mol. The van der Waals surface area contributed by atoms with E-state index in [4.69, 9.17) is 4.52 Å². The summed E-state index contributed by atoms with van der Waals surface area (Å²) in [6.07, 6.45) is 2.38.